The number of nitrogens with one attached hydrogen (secondary N) is 1. The van der Waals surface area contributed by atoms with Gasteiger partial charge in [-0.1, -0.05) is 48.2 Å². The summed E-state index contributed by atoms with van der Waals surface area (Å²) in [5.74, 6) is 6.98. The topological polar surface area (TPSA) is 124 Å². The number of non-ortho nitro benzene ring substituents is 1. The van der Waals surface area contributed by atoms with Crippen molar-refractivity contribution in [2.45, 2.75) is 17.8 Å². The van der Waals surface area contributed by atoms with Gasteiger partial charge in [-0.2, -0.15) is 5.10 Å². The molecule has 2 aromatic carbocycles. The van der Waals surface area contributed by atoms with Crippen molar-refractivity contribution in [3.05, 3.63) is 75.3 Å². The lowest BCUT2D eigenvalue weighted by Gasteiger charge is -2.05. The number of benzene rings is 2. The van der Waals surface area contributed by atoms with Crippen LogP contribution in [0.2, 0.25) is 0 Å². The Hall–Kier alpha value is -3.40. The molecule has 27 heavy (non-hydrogen) atoms. The standard InChI is InChI=1S/C17H17N7O2S/c1-12-5-2-3-7-14(12)11-27-17-22-21-16(23(17)18)20-19-10-13-6-4-8-15(9-13)24(25)26/h2-10H,11,18H2,1H3,(H,20,21)/b19-10+. The van der Waals surface area contributed by atoms with E-state index in [-0.39, 0.29) is 11.6 Å². The van der Waals surface area contributed by atoms with E-state index in [0.29, 0.717) is 10.7 Å². The van der Waals surface area contributed by atoms with Gasteiger partial charge in [0.25, 0.3) is 11.6 Å². The van der Waals surface area contributed by atoms with Crippen LogP contribution in [0.15, 0.2) is 58.8 Å². The number of anilines is 1. The molecule has 0 unspecified atom stereocenters. The second-order valence-electron chi connectivity index (χ2n) is 5.61. The number of hydrogen-bond acceptors (Lipinski definition) is 8. The SMILES string of the molecule is Cc1ccccc1CSc1nnc(N/N=C/c2cccc([N+](=O)[O-])c2)n1N. The van der Waals surface area contributed by atoms with Crippen molar-refractivity contribution in [1.82, 2.24) is 14.9 Å². The van der Waals surface area contributed by atoms with E-state index in [1.165, 1.54) is 45.9 Å². The molecule has 0 saturated heterocycles. The second kappa shape index (κ2) is 8.32. The summed E-state index contributed by atoms with van der Waals surface area (Å²) in [5, 5.41) is 23.4. The molecule has 0 bridgehead atoms. The van der Waals surface area contributed by atoms with Crippen LogP contribution in [0.5, 0.6) is 0 Å². The molecule has 0 aliphatic heterocycles. The maximum Gasteiger partial charge on any atom is 0.270 e. The summed E-state index contributed by atoms with van der Waals surface area (Å²) in [7, 11) is 0. The zero-order chi connectivity index (χ0) is 19.2. The lowest BCUT2D eigenvalue weighted by atomic mass is 10.1. The highest BCUT2D eigenvalue weighted by Gasteiger charge is 2.10. The highest BCUT2D eigenvalue weighted by Crippen LogP contribution is 2.23. The number of nitrogen functional groups attached to an aromatic ring is 1. The quantitative estimate of drug-likeness (QED) is 0.211. The third-order valence-corrected chi connectivity index (χ3v) is 4.73. The highest BCUT2D eigenvalue weighted by molar-refractivity contribution is 7.98. The molecule has 138 valence electrons. The number of aromatic nitrogens is 3. The molecular formula is C17H17N7O2S. The van der Waals surface area contributed by atoms with Gasteiger partial charge in [-0.3, -0.25) is 10.1 Å². The van der Waals surface area contributed by atoms with E-state index in [4.69, 9.17) is 5.84 Å². The van der Waals surface area contributed by atoms with E-state index < -0.39 is 4.92 Å². The number of hydrazone groups is 1. The molecule has 0 atom stereocenters. The molecule has 0 aliphatic rings. The predicted molar refractivity (Wildman–Crippen MR) is 105 cm³/mol. The van der Waals surface area contributed by atoms with E-state index in [2.05, 4.69) is 39.8 Å². The molecule has 1 aromatic heterocycles. The monoisotopic (exact) mass is 383 g/mol. The lowest BCUT2D eigenvalue weighted by Crippen LogP contribution is -2.13. The Bertz CT molecular complexity index is 987. The molecule has 0 spiro atoms. The van der Waals surface area contributed by atoms with Gasteiger partial charge in [-0.15, -0.1) is 10.2 Å². The Labute approximate surface area is 159 Å². The van der Waals surface area contributed by atoms with Crippen LogP contribution in [-0.2, 0) is 5.75 Å². The summed E-state index contributed by atoms with van der Waals surface area (Å²) in [6, 6.07) is 14.2. The predicted octanol–water partition coefficient (Wildman–Crippen LogP) is 2.95. The van der Waals surface area contributed by atoms with Gasteiger partial charge in [0.1, 0.15) is 0 Å². The molecule has 1 heterocycles. The Morgan fingerprint density at radius 2 is 2.11 bits per heavy atom. The number of nitro groups is 1. The second-order valence-corrected chi connectivity index (χ2v) is 6.56. The normalized spacial score (nSPS) is 11.0. The van der Waals surface area contributed by atoms with Gasteiger partial charge in [0, 0.05) is 23.4 Å². The minimum absolute atomic E-state index is 0.00386. The van der Waals surface area contributed by atoms with Gasteiger partial charge in [-0.05, 0) is 18.1 Å². The van der Waals surface area contributed by atoms with Crippen molar-refractivity contribution in [2.75, 3.05) is 11.3 Å². The first-order valence-corrected chi connectivity index (χ1v) is 8.94. The fraction of sp³-hybridized carbons (Fsp3) is 0.118. The van der Waals surface area contributed by atoms with Crippen molar-refractivity contribution in [3.8, 4) is 0 Å². The van der Waals surface area contributed by atoms with E-state index in [1.54, 1.807) is 12.1 Å². The summed E-state index contributed by atoms with van der Waals surface area (Å²) < 4.78 is 1.31. The zero-order valence-electron chi connectivity index (χ0n) is 14.4. The minimum Gasteiger partial charge on any atom is -0.334 e. The molecular weight excluding hydrogens is 366 g/mol. The molecule has 0 saturated carbocycles. The molecule has 10 heteroatoms. The molecule has 0 radical (unpaired) electrons. The Morgan fingerprint density at radius 1 is 1.30 bits per heavy atom. The third-order valence-electron chi connectivity index (χ3n) is 3.74. The Balaban J connectivity index is 1.63. The first-order chi connectivity index (χ1) is 13.0. The fourth-order valence-electron chi connectivity index (χ4n) is 2.25. The smallest absolute Gasteiger partial charge is 0.270 e. The number of nitrogens with zero attached hydrogens (tertiary/aromatic N) is 5. The van der Waals surface area contributed by atoms with E-state index in [9.17, 15) is 10.1 Å². The largest absolute Gasteiger partial charge is 0.334 e. The molecule has 3 aromatic rings. The number of nitro benzene ring substituents is 1. The zero-order valence-corrected chi connectivity index (χ0v) is 15.3. The molecule has 3 N–H and O–H groups in total. The van der Waals surface area contributed by atoms with Crippen molar-refractivity contribution < 1.29 is 4.92 Å². The van der Waals surface area contributed by atoms with Crippen LogP contribution in [0.1, 0.15) is 16.7 Å². The first-order valence-electron chi connectivity index (χ1n) is 7.96. The van der Waals surface area contributed by atoms with Gasteiger partial charge < -0.3 is 5.84 Å². The minimum atomic E-state index is -0.459. The summed E-state index contributed by atoms with van der Waals surface area (Å²) in [4.78, 5) is 10.3. The first kappa shape index (κ1) is 18.4. The fourth-order valence-corrected chi connectivity index (χ4v) is 3.18. The molecule has 0 aliphatic carbocycles. The maximum atomic E-state index is 10.8. The third kappa shape index (κ3) is 4.61. The van der Waals surface area contributed by atoms with Crippen LogP contribution in [-0.4, -0.2) is 26.0 Å². The lowest BCUT2D eigenvalue weighted by molar-refractivity contribution is -0.384. The average molecular weight is 383 g/mol. The number of aryl methyl sites for hydroxylation is 1. The highest BCUT2D eigenvalue weighted by atomic mass is 32.2. The van der Waals surface area contributed by atoms with Crippen LogP contribution < -0.4 is 11.3 Å². The molecule has 3 rings (SSSR count). The maximum absolute atomic E-state index is 10.8. The molecule has 0 fully saturated rings. The van der Waals surface area contributed by atoms with Gasteiger partial charge in [0.15, 0.2) is 0 Å². The number of hydrogen-bond donors (Lipinski definition) is 2. The van der Waals surface area contributed by atoms with Crippen LogP contribution in [0.25, 0.3) is 0 Å². The summed E-state index contributed by atoms with van der Waals surface area (Å²) in [6.45, 7) is 2.05. The van der Waals surface area contributed by atoms with Crippen molar-refractivity contribution in [3.63, 3.8) is 0 Å². The van der Waals surface area contributed by atoms with E-state index >= 15 is 0 Å². The van der Waals surface area contributed by atoms with E-state index in [0.717, 1.165) is 5.75 Å². The molecule has 0 amide bonds. The summed E-state index contributed by atoms with van der Waals surface area (Å²) >= 11 is 1.47. The Morgan fingerprint density at radius 3 is 2.89 bits per heavy atom. The summed E-state index contributed by atoms with van der Waals surface area (Å²) in [5.41, 5.74) is 5.66. The van der Waals surface area contributed by atoms with Crippen LogP contribution in [0.3, 0.4) is 0 Å². The van der Waals surface area contributed by atoms with Crippen molar-refractivity contribution in [1.29, 1.82) is 0 Å². The Kier molecular flexibility index (Phi) is 5.67. The van der Waals surface area contributed by atoms with Gasteiger partial charge >= 0.3 is 0 Å². The van der Waals surface area contributed by atoms with Crippen molar-refractivity contribution in [2.24, 2.45) is 5.10 Å². The summed E-state index contributed by atoms with van der Waals surface area (Å²) in [6.07, 6.45) is 1.45. The van der Waals surface area contributed by atoms with E-state index in [1.807, 2.05) is 12.1 Å². The van der Waals surface area contributed by atoms with Gasteiger partial charge in [-0.25, -0.2) is 10.1 Å². The average Bonchev–Trinajstić information content (AvgIpc) is 3.01. The number of nitrogens with two attached hydrogens (primary N) is 1. The van der Waals surface area contributed by atoms with Crippen LogP contribution >= 0.6 is 11.8 Å². The van der Waals surface area contributed by atoms with Gasteiger partial charge in [0.2, 0.25) is 5.16 Å². The van der Waals surface area contributed by atoms with Crippen LogP contribution in [0, 0.1) is 17.0 Å². The molecule has 9 nitrogen and oxygen atoms in total. The number of thioether (sulfide) groups is 1. The van der Waals surface area contributed by atoms with Crippen molar-refractivity contribution >= 4 is 29.6 Å². The van der Waals surface area contributed by atoms with Gasteiger partial charge in [0.05, 0.1) is 11.1 Å². The van der Waals surface area contributed by atoms with Crippen LogP contribution in [0.4, 0.5) is 11.6 Å². The number of rotatable bonds is 7.